The van der Waals surface area contributed by atoms with Gasteiger partial charge in [0.1, 0.15) is 0 Å². The second-order valence-corrected chi connectivity index (χ2v) is 6.86. The summed E-state index contributed by atoms with van der Waals surface area (Å²) in [6.45, 7) is 4.22. The highest BCUT2D eigenvalue weighted by Gasteiger charge is 2.24. The van der Waals surface area contributed by atoms with Crippen LogP contribution < -0.4 is 9.64 Å². The van der Waals surface area contributed by atoms with Crippen molar-refractivity contribution in [2.75, 3.05) is 17.2 Å². The van der Waals surface area contributed by atoms with Crippen LogP contribution in [0.4, 0.5) is 11.4 Å². The molecule has 2 aromatic rings. The lowest BCUT2D eigenvalue weighted by molar-refractivity contribution is 0.471. The number of hydrogen-bond acceptors (Lipinski definition) is 4. The van der Waals surface area contributed by atoms with Crippen LogP contribution in [-0.2, 0) is 10.1 Å². The topological polar surface area (TPSA) is 66.8 Å². The summed E-state index contributed by atoms with van der Waals surface area (Å²) in [4.78, 5) is 2.01. The van der Waals surface area contributed by atoms with Gasteiger partial charge in [0.15, 0.2) is 11.5 Å². The molecule has 5 nitrogen and oxygen atoms in total. The van der Waals surface area contributed by atoms with E-state index >= 15 is 0 Å². The van der Waals surface area contributed by atoms with Gasteiger partial charge in [0.2, 0.25) is 0 Å². The highest BCUT2D eigenvalue weighted by molar-refractivity contribution is 7.85. The first kappa shape index (κ1) is 15.6. The van der Waals surface area contributed by atoms with Gasteiger partial charge in [-0.25, -0.2) is 0 Å². The molecule has 0 atom stereocenters. The monoisotopic (exact) mass is 331 g/mol. The van der Waals surface area contributed by atoms with Crippen molar-refractivity contribution in [3.63, 3.8) is 0 Å². The summed E-state index contributed by atoms with van der Waals surface area (Å²) < 4.78 is 36.8. The first-order valence-electron chi connectivity index (χ1n) is 7.24. The molecule has 23 heavy (non-hydrogen) atoms. The van der Waals surface area contributed by atoms with Crippen molar-refractivity contribution in [3.8, 4) is 11.5 Å². The number of anilines is 2. The van der Waals surface area contributed by atoms with Gasteiger partial charge >= 0.3 is 0 Å². The van der Waals surface area contributed by atoms with Crippen LogP contribution in [0.15, 0.2) is 49.0 Å². The average Bonchev–Trinajstić information content (AvgIpc) is 2.52. The number of hydrogen-bond donors (Lipinski definition) is 1. The fourth-order valence-corrected chi connectivity index (χ4v) is 3.12. The van der Waals surface area contributed by atoms with Crippen molar-refractivity contribution in [3.05, 3.63) is 54.6 Å². The third-order valence-electron chi connectivity index (χ3n) is 3.67. The second kappa shape index (κ2) is 6.06. The van der Waals surface area contributed by atoms with E-state index in [9.17, 15) is 8.42 Å². The van der Waals surface area contributed by atoms with Gasteiger partial charge in [-0.2, -0.15) is 8.42 Å². The first-order valence-corrected chi connectivity index (χ1v) is 8.85. The standard InChI is InChI=1S/C17H17NO4S/c1-2-13-8-9-15-17(12-13)22-16-7-4-3-6-14(16)18(15)10-5-11-23(19,20)21/h2-4,6-9,12H,1,5,10-11H2,(H,19,20,21). The van der Waals surface area contributed by atoms with E-state index < -0.39 is 10.1 Å². The number of para-hydroxylation sites is 2. The molecule has 0 radical (unpaired) electrons. The fraction of sp³-hybridized carbons (Fsp3) is 0.176. The Hall–Kier alpha value is -2.31. The van der Waals surface area contributed by atoms with E-state index in [-0.39, 0.29) is 5.75 Å². The SMILES string of the molecule is C=Cc1ccc2c(c1)Oc1ccccc1N2CCCS(=O)(=O)O. The molecule has 120 valence electrons. The molecule has 0 aromatic heterocycles. The fourth-order valence-electron chi connectivity index (χ4n) is 2.62. The molecule has 0 spiro atoms. The normalized spacial score (nSPS) is 13.0. The molecular formula is C17H17NO4S. The van der Waals surface area contributed by atoms with Crippen LogP contribution in [0, 0.1) is 0 Å². The summed E-state index contributed by atoms with van der Waals surface area (Å²) in [6.07, 6.45) is 2.06. The summed E-state index contributed by atoms with van der Waals surface area (Å²) in [5.41, 5.74) is 2.69. The molecule has 6 heteroatoms. The summed E-state index contributed by atoms with van der Waals surface area (Å²) in [5.74, 6) is 1.15. The van der Waals surface area contributed by atoms with Crippen molar-refractivity contribution < 1.29 is 17.7 Å². The molecule has 1 aliphatic rings. The van der Waals surface area contributed by atoms with Crippen molar-refractivity contribution in [1.82, 2.24) is 0 Å². The summed E-state index contributed by atoms with van der Waals surface area (Å²) in [6, 6.07) is 13.3. The predicted molar refractivity (Wildman–Crippen MR) is 91.1 cm³/mol. The zero-order chi connectivity index (χ0) is 16.4. The molecule has 2 aromatic carbocycles. The molecular weight excluding hydrogens is 314 g/mol. The summed E-state index contributed by atoms with van der Waals surface area (Å²) >= 11 is 0. The molecule has 1 N–H and O–H groups in total. The maximum atomic E-state index is 10.9. The molecule has 0 amide bonds. The number of benzene rings is 2. The van der Waals surface area contributed by atoms with Crippen LogP contribution in [0.25, 0.3) is 6.08 Å². The number of rotatable bonds is 5. The minimum Gasteiger partial charge on any atom is -0.453 e. The molecule has 3 rings (SSSR count). The Balaban J connectivity index is 1.95. The highest BCUT2D eigenvalue weighted by Crippen LogP contribution is 2.46. The Kier molecular flexibility index (Phi) is 4.11. The number of ether oxygens (including phenoxy) is 1. The molecule has 0 aliphatic carbocycles. The van der Waals surface area contributed by atoms with E-state index in [0.29, 0.717) is 24.5 Å². The Bertz CT molecular complexity index is 845. The Morgan fingerprint density at radius 3 is 2.61 bits per heavy atom. The Morgan fingerprint density at radius 1 is 1.13 bits per heavy atom. The van der Waals surface area contributed by atoms with Gasteiger partial charge in [-0.3, -0.25) is 4.55 Å². The lowest BCUT2D eigenvalue weighted by Gasteiger charge is -2.32. The van der Waals surface area contributed by atoms with Crippen molar-refractivity contribution in [1.29, 1.82) is 0 Å². The maximum Gasteiger partial charge on any atom is 0.264 e. The van der Waals surface area contributed by atoms with Crippen molar-refractivity contribution in [2.45, 2.75) is 6.42 Å². The van der Waals surface area contributed by atoms with Crippen LogP contribution >= 0.6 is 0 Å². The lowest BCUT2D eigenvalue weighted by atomic mass is 10.1. The molecule has 0 saturated heterocycles. The van der Waals surface area contributed by atoms with Crippen LogP contribution in [0.5, 0.6) is 11.5 Å². The first-order chi connectivity index (χ1) is 11.0. The Morgan fingerprint density at radius 2 is 1.87 bits per heavy atom. The van der Waals surface area contributed by atoms with Gasteiger partial charge in [0.05, 0.1) is 17.1 Å². The van der Waals surface area contributed by atoms with E-state index in [1.165, 1.54) is 0 Å². The minimum atomic E-state index is -3.96. The quantitative estimate of drug-likeness (QED) is 0.843. The maximum absolute atomic E-state index is 10.9. The Labute approximate surface area is 135 Å². The van der Waals surface area contributed by atoms with Gasteiger partial charge in [-0.05, 0) is 36.2 Å². The lowest BCUT2D eigenvalue weighted by Crippen LogP contribution is -2.24. The van der Waals surface area contributed by atoms with Gasteiger partial charge in [0, 0.05) is 6.54 Å². The second-order valence-electron chi connectivity index (χ2n) is 5.29. The zero-order valence-corrected chi connectivity index (χ0v) is 13.3. The van der Waals surface area contributed by atoms with Gasteiger partial charge < -0.3 is 9.64 Å². The third-order valence-corrected chi connectivity index (χ3v) is 4.47. The summed E-state index contributed by atoms with van der Waals surface area (Å²) in [5, 5.41) is 0. The molecule has 1 heterocycles. The van der Waals surface area contributed by atoms with Crippen LogP contribution in [0.2, 0.25) is 0 Å². The molecule has 0 saturated carbocycles. The zero-order valence-electron chi connectivity index (χ0n) is 12.5. The van der Waals surface area contributed by atoms with Gasteiger partial charge in [0.25, 0.3) is 10.1 Å². The molecule has 1 aliphatic heterocycles. The predicted octanol–water partition coefficient (Wildman–Crippen LogP) is 3.85. The van der Waals surface area contributed by atoms with Crippen LogP contribution in [-0.4, -0.2) is 25.3 Å². The molecule has 0 unspecified atom stereocenters. The van der Waals surface area contributed by atoms with E-state index in [2.05, 4.69) is 6.58 Å². The molecule has 0 bridgehead atoms. The molecule has 0 fully saturated rings. The average molecular weight is 331 g/mol. The smallest absolute Gasteiger partial charge is 0.264 e. The largest absolute Gasteiger partial charge is 0.453 e. The van der Waals surface area contributed by atoms with E-state index in [1.807, 2.05) is 47.4 Å². The van der Waals surface area contributed by atoms with E-state index in [4.69, 9.17) is 9.29 Å². The van der Waals surface area contributed by atoms with Gasteiger partial charge in [-0.15, -0.1) is 0 Å². The van der Waals surface area contributed by atoms with Crippen LogP contribution in [0.1, 0.15) is 12.0 Å². The third kappa shape index (κ3) is 3.38. The highest BCUT2D eigenvalue weighted by atomic mass is 32.2. The number of nitrogens with zero attached hydrogens (tertiary/aromatic N) is 1. The summed E-state index contributed by atoms with van der Waals surface area (Å²) in [7, 11) is -3.96. The van der Waals surface area contributed by atoms with E-state index in [0.717, 1.165) is 16.9 Å². The number of fused-ring (bicyclic) bond motifs is 2. The van der Waals surface area contributed by atoms with Crippen molar-refractivity contribution in [2.24, 2.45) is 0 Å². The van der Waals surface area contributed by atoms with E-state index in [1.54, 1.807) is 6.08 Å². The van der Waals surface area contributed by atoms with Gasteiger partial charge in [-0.1, -0.05) is 30.9 Å². The minimum absolute atomic E-state index is 0.271. The van der Waals surface area contributed by atoms with Crippen molar-refractivity contribution >= 4 is 27.6 Å². The van der Waals surface area contributed by atoms with Crippen LogP contribution in [0.3, 0.4) is 0 Å².